The highest BCUT2D eigenvalue weighted by molar-refractivity contribution is 4.75. The number of methoxy groups -OCH3 is 1. The summed E-state index contributed by atoms with van der Waals surface area (Å²) in [6.45, 7) is 0. The molecule has 2 saturated carbocycles. The third-order valence-corrected chi connectivity index (χ3v) is 3.71. The minimum absolute atomic E-state index is 0.477. The van der Waals surface area contributed by atoms with Gasteiger partial charge in [0.2, 0.25) is 0 Å². The molecule has 0 atom stereocenters. The first-order chi connectivity index (χ1) is 7.38. The fourth-order valence-electron chi connectivity index (χ4n) is 2.62. The molecular formula is C12H23NO2. The Labute approximate surface area is 92.5 Å². The van der Waals surface area contributed by atoms with Crippen LogP contribution in [0.2, 0.25) is 0 Å². The maximum absolute atomic E-state index is 5.72. The van der Waals surface area contributed by atoms with E-state index in [-0.39, 0.29) is 0 Å². The van der Waals surface area contributed by atoms with E-state index >= 15 is 0 Å². The molecule has 3 heteroatoms. The van der Waals surface area contributed by atoms with Crippen molar-refractivity contribution in [3.05, 3.63) is 0 Å². The van der Waals surface area contributed by atoms with Crippen LogP contribution in [0.1, 0.15) is 51.4 Å². The molecule has 2 aliphatic carbocycles. The summed E-state index contributed by atoms with van der Waals surface area (Å²) in [5, 5.41) is 0. The molecular weight excluding hydrogens is 190 g/mol. The Morgan fingerprint density at radius 1 is 0.867 bits per heavy atom. The maximum Gasteiger partial charge on any atom is 0.0790 e. The van der Waals surface area contributed by atoms with Gasteiger partial charge in [-0.15, -0.1) is 0 Å². The van der Waals surface area contributed by atoms with Crippen molar-refractivity contribution in [1.82, 2.24) is 5.48 Å². The van der Waals surface area contributed by atoms with Crippen molar-refractivity contribution in [1.29, 1.82) is 0 Å². The van der Waals surface area contributed by atoms with Crippen LogP contribution in [0.4, 0.5) is 0 Å². The molecule has 3 nitrogen and oxygen atoms in total. The standard InChI is InChI=1S/C12H23NO2/c1-14-11-8-6-10(7-9-11)13-15-12-4-2-3-5-12/h10-13H,2-9H2,1H3. The van der Waals surface area contributed by atoms with E-state index in [1.807, 2.05) is 7.11 Å². The van der Waals surface area contributed by atoms with Gasteiger partial charge in [0.15, 0.2) is 0 Å². The molecule has 0 bridgehead atoms. The van der Waals surface area contributed by atoms with Gasteiger partial charge in [-0.1, -0.05) is 12.8 Å². The van der Waals surface area contributed by atoms with Gasteiger partial charge in [0.1, 0.15) is 0 Å². The van der Waals surface area contributed by atoms with Gasteiger partial charge >= 0.3 is 0 Å². The summed E-state index contributed by atoms with van der Waals surface area (Å²) in [6.07, 6.45) is 10.8. The molecule has 88 valence electrons. The fraction of sp³-hybridized carbons (Fsp3) is 1.00. The van der Waals surface area contributed by atoms with Gasteiger partial charge in [-0.25, -0.2) is 0 Å². The zero-order valence-corrected chi connectivity index (χ0v) is 9.71. The molecule has 0 unspecified atom stereocenters. The number of hydrogen-bond donors (Lipinski definition) is 1. The second kappa shape index (κ2) is 5.83. The molecule has 0 aromatic heterocycles. The molecule has 0 radical (unpaired) electrons. The monoisotopic (exact) mass is 213 g/mol. The van der Waals surface area contributed by atoms with Crippen molar-refractivity contribution >= 4 is 0 Å². The SMILES string of the molecule is COC1CCC(NOC2CCCC2)CC1. The van der Waals surface area contributed by atoms with Crippen LogP contribution in [-0.4, -0.2) is 25.4 Å². The predicted molar refractivity (Wildman–Crippen MR) is 59.5 cm³/mol. The Kier molecular flexibility index (Phi) is 4.42. The lowest BCUT2D eigenvalue weighted by atomic mass is 9.94. The number of rotatable bonds is 4. The smallest absolute Gasteiger partial charge is 0.0790 e. The Balaban J connectivity index is 1.59. The lowest BCUT2D eigenvalue weighted by Crippen LogP contribution is -2.37. The van der Waals surface area contributed by atoms with E-state index in [1.54, 1.807) is 0 Å². The molecule has 0 aromatic carbocycles. The van der Waals surface area contributed by atoms with Gasteiger partial charge in [-0.3, -0.25) is 4.84 Å². The Hall–Kier alpha value is -0.120. The van der Waals surface area contributed by atoms with Crippen LogP contribution < -0.4 is 5.48 Å². The Morgan fingerprint density at radius 3 is 2.13 bits per heavy atom. The molecule has 0 aliphatic heterocycles. The third kappa shape index (κ3) is 3.44. The second-order valence-electron chi connectivity index (χ2n) is 4.85. The lowest BCUT2D eigenvalue weighted by molar-refractivity contribution is -0.0549. The highest BCUT2D eigenvalue weighted by atomic mass is 16.7. The van der Waals surface area contributed by atoms with Crippen molar-refractivity contribution in [3.63, 3.8) is 0 Å². The van der Waals surface area contributed by atoms with E-state index in [1.165, 1.54) is 51.4 Å². The molecule has 0 spiro atoms. The van der Waals surface area contributed by atoms with Crippen LogP contribution in [0, 0.1) is 0 Å². The van der Waals surface area contributed by atoms with Crippen LogP contribution in [0.25, 0.3) is 0 Å². The second-order valence-corrected chi connectivity index (χ2v) is 4.85. The molecule has 15 heavy (non-hydrogen) atoms. The van der Waals surface area contributed by atoms with Crippen LogP contribution in [0.15, 0.2) is 0 Å². The zero-order valence-electron chi connectivity index (χ0n) is 9.71. The summed E-state index contributed by atoms with van der Waals surface area (Å²) in [5.41, 5.74) is 3.25. The van der Waals surface area contributed by atoms with E-state index < -0.39 is 0 Å². The summed E-state index contributed by atoms with van der Waals surface area (Å²) in [7, 11) is 1.81. The number of nitrogens with one attached hydrogen (secondary N) is 1. The normalized spacial score (nSPS) is 33.4. The Morgan fingerprint density at radius 2 is 1.53 bits per heavy atom. The summed E-state index contributed by atoms with van der Waals surface area (Å²) in [5.74, 6) is 0. The van der Waals surface area contributed by atoms with Crippen molar-refractivity contribution in [2.45, 2.75) is 69.6 Å². The number of ether oxygens (including phenoxy) is 1. The van der Waals surface area contributed by atoms with Gasteiger partial charge in [0.05, 0.1) is 12.2 Å². The van der Waals surface area contributed by atoms with Crippen molar-refractivity contribution in [2.24, 2.45) is 0 Å². The van der Waals surface area contributed by atoms with E-state index in [9.17, 15) is 0 Å². The summed E-state index contributed by atoms with van der Waals surface area (Å²) in [6, 6.07) is 0.553. The maximum atomic E-state index is 5.72. The average molecular weight is 213 g/mol. The van der Waals surface area contributed by atoms with Crippen molar-refractivity contribution in [3.8, 4) is 0 Å². The van der Waals surface area contributed by atoms with E-state index in [2.05, 4.69) is 5.48 Å². The molecule has 2 fully saturated rings. The predicted octanol–water partition coefficient (Wildman–Crippen LogP) is 2.41. The van der Waals surface area contributed by atoms with Gasteiger partial charge < -0.3 is 4.74 Å². The summed E-state index contributed by atoms with van der Waals surface area (Å²) < 4.78 is 5.35. The first kappa shape index (κ1) is 11.4. The van der Waals surface area contributed by atoms with Crippen LogP contribution >= 0.6 is 0 Å². The summed E-state index contributed by atoms with van der Waals surface area (Å²) in [4.78, 5) is 5.72. The lowest BCUT2D eigenvalue weighted by Gasteiger charge is -2.28. The van der Waals surface area contributed by atoms with Gasteiger partial charge in [-0.05, 0) is 38.5 Å². The highest BCUT2D eigenvalue weighted by Gasteiger charge is 2.22. The van der Waals surface area contributed by atoms with Gasteiger partial charge in [0.25, 0.3) is 0 Å². The van der Waals surface area contributed by atoms with Gasteiger partial charge in [-0.2, -0.15) is 5.48 Å². The quantitative estimate of drug-likeness (QED) is 0.727. The first-order valence-electron chi connectivity index (χ1n) is 6.32. The van der Waals surface area contributed by atoms with E-state index in [0.29, 0.717) is 18.2 Å². The van der Waals surface area contributed by atoms with E-state index in [4.69, 9.17) is 9.57 Å². The number of hydrogen-bond acceptors (Lipinski definition) is 3. The Bertz CT molecular complexity index is 172. The third-order valence-electron chi connectivity index (χ3n) is 3.71. The largest absolute Gasteiger partial charge is 0.381 e. The molecule has 0 saturated heterocycles. The zero-order chi connectivity index (χ0) is 10.5. The molecule has 0 aromatic rings. The van der Waals surface area contributed by atoms with Crippen LogP contribution in [-0.2, 0) is 9.57 Å². The number of hydroxylamine groups is 1. The fourth-order valence-corrected chi connectivity index (χ4v) is 2.62. The van der Waals surface area contributed by atoms with Crippen molar-refractivity contribution in [2.75, 3.05) is 7.11 Å². The minimum atomic E-state index is 0.477. The minimum Gasteiger partial charge on any atom is -0.381 e. The average Bonchev–Trinajstić information content (AvgIpc) is 2.80. The molecule has 2 aliphatic rings. The summed E-state index contributed by atoms with van der Waals surface area (Å²) >= 11 is 0. The highest BCUT2D eigenvalue weighted by Crippen LogP contribution is 2.23. The molecule has 2 rings (SSSR count). The van der Waals surface area contributed by atoms with Crippen LogP contribution in [0.3, 0.4) is 0 Å². The van der Waals surface area contributed by atoms with E-state index in [0.717, 1.165) is 0 Å². The molecule has 1 N–H and O–H groups in total. The molecule has 0 heterocycles. The topological polar surface area (TPSA) is 30.5 Å². The van der Waals surface area contributed by atoms with Gasteiger partial charge in [0, 0.05) is 13.2 Å². The van der Waals surface area contributed by atoms with Crippen LogP contribution in [0.5, 0.6) is 0 Å². The van der Waals surface area contributed by atoms with Crippen molar-refractivity contribution < 1.29 is 9.57 Å². The molecule has 0 amide bonds. The first-order valence-corrected chi connectivity index (χ1v) is 6.32.